The van der Waals surface area contributed by atoms with E-state index in [1.165, 1.54) is 10.8 Å². The van der Waals surface area contributed by atoms with Gasteiger partial charge in [0.05, 0.1) is 11.9 Å². The van der Waals surface area contributed by atoms with Gasteiger partial charge in [-0.15, -0.1) is 0 Å². The second kappa shape index (κ2) is 16.1. The first-order valence-electron chi connectivity index (χ1n) is 13.9. The molecule has 0 aliphatic carbocycles. The fourth-order valence-electron chi connectivity index (χ4n) is 4.40. The molecule has 1 unspecified atom stereocenters. The summed E-state index contributed by atoms with van der Waals surface area (Å²) in [6, 6.07) is 6.47. The quantitative estimate of drug-likeness (QED) is 0.130. The van der Waals surface area contributed by atoms with Crippen LogP contribution < -0.4 is 21.9 Å². The summed E-state index contributed by atoms with van der Waals surface area (Å²) < 4.78 is 1.52. The maximum Gasteiger partial charge on any atom is 0.277 e. The van der Waals surface area contributed by atoms with Crippen molar-refractivity contribution in [1.82, 2.24) is 24.8 Å². The van der Waals surface area contributed by atoms with Crippen LogP contribution in [0.5, 0.6) is 0 Å². The number of thioether (sulfide) groups is 1. The maximum atomic E-state index is 12.9. The zero-order valence-corrected chi connectivity index (χ0v) is 25.3. The van der Waals surface area contributed by atoms with Gasteiger partial charge in [0, 0.05) is 32.4 Å². The first kappa shape index (κ1) is 32.9. The van der Waals surface area contributed by atoms with Gasteiger partial charge >= 0.3 is 0 Å². The number of carbonyl (C=O) groups is 2. The number of anilines is 2. The van der Waals surface area contributed by atoms with Crippen molar-refractivity contribution in [3.05, 3.63) is 81.4 Å². The Morgan fingerprint density at radius 3 is 2.67 bits per heavy atom. The fourth-order valence-corrected chi connectivity index (χ4v) is 4.89. The molecule has 1 aliphatic heterocycles. The van der Waals surface area contributed by atoms with E-state index in [-0.39, 0.29) is 21.6 Å². The van der Waals surface area contributed by atoms with Gasteiger partial charge in [-0.3, -0.25) is 34.8 Å². The van der Waals surface area contributed by atoms with Gasteiger partial charge in [-0.05, 0) is 67.3 Å². The van der Waals surface area contributed by atoms with Crippen molar-refractivity contribution in [2.45, 2.75) is 52.0 Å². The fraction of sp³-hybridized carbons (Fsp3) is 0.333. The highest BCUT2D eigenvalue weighted by molar-refractivity contribution is 8.28. The zero-order valence-electron chi connectivity index (χ0n) is 24.5. The molecule has 1 aliphatic rings. The molecule has 0 bridgehead atoms. The first-order valence-corrected chi connectivity index (χ1v) is 14.7. The van der Waals surface area contributed by atoms with Crippen LogP contribution in [0, 0.1) is 17.7 Å². The number of carbonyl (C=O) groups excluding carboxylic acids is 2. The number of amides is 1. The zero-order chi connectivity index (χ0) is 31.4. The van der Waals surface area contributed by atoms with E-state index in [4.69, 9.17) is 16.6 Å². The van der Waals surface area contributed by atoms with E-state index in [1.807, 2.05) is 13.0 Å². The molecule has 0 aromatic carbocycles. The van der Waals surface area contributed by atoms with Gasteiger partial charge in [-0.2, -0.15) is 0 Å². The second-order valence-electron chi connectivity index (χ2n) is 9.79. The molecule has 12 nitrogen and oxygen atoms in total. The molecule has 4 heterocycles. The van der Waals surface area contributed by atoms with E-state index in [2.05, 4.69) is 38.6 Å². The Balaban J connectivity index is 0.000000326. The molecular formula is C30H37N9O3S. The third kappa shape index (κ3) is 9.17. The molecule has 0 spiro atoms. The number of nitrogens with one attached hydrogen (secondary N) is 4. The van der Waals surface area contributed by atoms with E-state index in [9.17, 15) is 14.4 Å². The number of fused-ring (bicyclic) bond motifs is 1. The Hall–Kier alpha value is -4.65. The molecule has 0 radical (unpaired) electrons. The topological polar surface area (TPSA) is 193 Å². The van der Waals surface area contributed by atoms with Crippen molar-refractivity contribution in [2.75, 3.05) is 24.6 Å². The molecule has 0 fully saturated rings. The monoisotopic (exact) mass is 603 g/mol. The van der Waals surface area contributed by atoms with E-state index in [0.717, 1.165) is 47.7 Å². The highest BCUT2D eigenvalue weighted by Gasteiger charge is 2.30. The van der Waals surface area contributed by atoms with Gasteiger partial charge < -0.3 is 16.4 Å². The van der Waals surface area contributed by atoms with Crippen molar-refractivity contribution >= 4 is 51.6 Å². The molecule has 3 aromatic rings. The van der Waals surface area contributed by atoms with Crippen LogP contribution in [0.15, 0.2) is 53.2 Å². The van der Waals surface area contributed by atoms with Gasteiger partial charge in [0.25, 0.3) is 5.56 Å². The second-order valence-corrected chi connectivity index (χ2v) is 10.8. The standard InChI is InChI=1S/C22H30N6O2.C8H7N3OS/c1-4-5-6-15(10-16-12-25-19(23)9-14(16)2)11-27-21(29)18-7-8-20-26-13-17(24-3)22(30)28(18)20;9-7(5-12)13-8(10)6-3-1-2-4-11-6/h9-10,12-13,18,24H,4-8,11H2,1-3H3,(H2,23,25)(H,27,29);1-5,9-10H/b15-10+;. The normalized spacial score (nSPS) is 13.7. The van der Waals surface area contributed by atoms with Crippen LogP contribution >= 0.6 is 11.8 Å². The number of nitrogen functional groups attached to an aromatic ring is 1. The summed E-state index contributed by atoms with van der Waals surface area (Å²) >= 11 is 0.789. The Labute approximate surface area is 254 Å². The molecule has 1 atom stereocenters. The number of rotatable bonds is 10. The van der Waals surface area contributed by atoms with Gasteiger partial charge in [0.2, 0.25) is 5.91 Å². The number of aryl methyl sites for hydroxylation is 2. The van der Waals surface area contributed by atoms with Crippen molar-refractivity contribution in [3.63, 3.8) is 0 Å². The van der Waals surface area contributed by atoms with Crippen LogP contribution in [-0.4, -0.2) is 55.4 Å². The van der Waals surface area contributed by atoms with Gasteiger partial charge in [0.15, 0.2) is 6.29 Å². The minimum absolute atomic E-state index is 0.109. The Bertz CT molecular complexity index is 1550. The van der Waals surface area contributed by atoms with E-state index in [0.29, 0.717) is 48.7 Å². The highest BCUT2D eigenvalue weighted by Crippen LogP contribution is 2.23. The van der Waals surface area contributed by atoms with Crippen LogP contribution in [0.3, 0.4) is 0 Å². The summed E-state index contributed by atoms with van der Waals surface area (Å²) in [5.41, 5.74) is 9.58. The number of aldehydes is 1. The summed E-state index contributed by atoms with van der Waals surface area (Å²) in [6.07, 6.45) is 11.5. The molecule has 13 heteroatoms. The van der Waals surface area contributed by atoms with Gasteiger partial charge in [-0.25, -0.2) is 9.97 Å². The lowest BCUT2D eigenvalue weighted by atomic mass is 10.0. The largest absolute Gasteiger partial charge is 0.384 e. The van der Waals surface area contributed by atoms with Crippen LogP contribution in [0.1, 0.15) is 61.3 Å². The number of hydrogen-bond donors (Lipinski definition) is 5. The number of nitrogens with two attached hydrogens (primary N) is 1. The SMILES string of the molecule is CCCC/C(=C\c1cnc(N)cc1C)CNC(=O)C1CCc2ncc(NC)c(=O)n21.N=C(C=O)SC(=N)c1ccccn1. The number of unbranched alkanes of at least 4 members (excludes halogenated alkanes) is 1. The summed E-state index contributed by atoms with van der Waals surface area (Å²) in [6.45, 7) is 4.57. The highest BCUT2D eigenvalue weighted by atomic mass is 32.2. The van der Waals surface area contributed by atoms with Crippen LogP contribution in [0.2, 0.25) is 0 Å². The first-order chi connectivity index (χ1) is 20.7. The Morgan fingerprint density at radius 1 is 1.23 bits per heavy atom. The third-order valence-electron chi connectivity index (χ3n) is 6.68. The van der Waals surface area contributed by atoms with Crippen molar-refractivity contribution in [1.29, 1.82) is 10.8 Å². The predicted octanol–water partition coefficient (Wildman–Crippen LogP) is 3.76. The summed E-state index contributed by atoms with van der Waals surface area (Å²) in [4.78, 5) is 48.1. The molecule has 226 valence electrons. The summed E-state index contributed by atoms with van der Waals surface area (Å²) in [5, 5.41) is 20.3. The Kier molecular flexibility index (Phi) is 12.3. The van der Waals surface area contributed by atoms with Crippen LogP contribution in [-0.2, 0) is 16.0 Å². The summed E-state index contributed by atoms with van der Waals surface area (Å²) in [7, 11) is 1.67. The van der Waals surface area contributed by atoms with Gasteiger partial charge in [0.1, 0.15) is 33.5 Å². The minimum Gasteiger partial charge on any atom is -0.384 e. The predicted molar refractivity (Wildman–Crippen MR) is 172 cm³/mol. The van der Waals surface area contributed by atoms with Crippen LogP contribution in [0.4, 0.5) is 11.5 Å². The number of pyridine rings is 2. The average molecular weight is 604 g/mol. The summed E-state index contributed by atoms with van der Waals surface area (Å²) in [5.74, 6) is 0.998. The maximum absolute atomic E-state index is 12.9. The van der Waals surface area contributed by atoms with Crippen molar-refractivity contribution in [3.8, 4) is 0 Å². The molecule has 3 aromatic heterocycles. The Morgan fingerprint density at radius 2 is 2.02 bits per heavy atom. The molecule has 4 rings (SSSR count). The van der Waals surface area contributed by atoms with Crippen LogP contribution in [0.25, 0.3) is 6.08 Å². The van der Waals surface area contributed by atoms with E-state index >= 15 is 0 Å². The molecule has 43 heavy (non-hydrogen) atoms. The lowest BCUT2D eigenvalue weighted by molar-refractivity contribution is -0.124. The van der Waals surface area contributed by atoms with Crippen molar-refractivity contribution < 1.29 is 9.59 Å². The smallest absolute Gasteiger partial charge is 0.277 e. The number of aromatic nitrogens is 4. The van der Waals surface area contributed by atoms with Gasteiger partial charge in [-0.1, -0.05) is 31.1 Å². The number of nitrogens with zero attached hydrogens (tertiary/aromatic N) is 4. The van der Waals surface area contributed by atoms with E-state index < -0.39 is 6.04 Å². The lowest BCUT2D eigenvalue weighted by Gasteiger charge is -2.16. The van der Waals surface area contributed by atoms with Crippen molar-refractivity contribution in [2.24, 2.45) is 0 Å². The third-order valence-corrected chi connectivity index (χ3v) is 7.41. The molecule has 0 saturated carbocycles. The van der Waals surface area contributed by atoms with E-state index in [1.54, 1.807) is 37.6 Å². The molecule has 0 saturated heterocycles. The average Bonchev–Trinajstić information content (AvgIpc) is 3.45. The molecule has 1 amide bonds. The minimum atomic E-state index is -0.527. The molecular weight excluding hydrogens is 566 g/mol. The lowest BCUT2D eigenvalue weighted by Crippen LogP contribution is -2.37. The molecule has 6 N–H and O–H groups in total. The number of hydrogen-bond acceptors (Lipinski definition) is 11.